The Kier molecular flexibility index (Phi) is 6.55. The van der Waals surface area contributed by atoms with Crippen LogP contribution in [0.2, 0.25) is 0 Å². The number of carbonyl (C=O) groups is 1. The van der Waals surface area contributed by atoms with Gasteiger partial charge in [0.05, 0.1) is 5.92 Å². The van der Waals surface area contributed by atoms with Crippen LogP contribution in [0.25, 0.3) is 0 Å². The first-order valence-corrected chi connectivity index (χ1v) is 10.5. The zero-order chi connectivity index (χ0) is 20.8. The van der Waals surface area contributed by atoms with Crippen LogP contribution in [-0.2, 0) is 17.9 Å². The maximum Gasteiger partial charge on any atom is 0.224 e. The lowest BCUT2D eigenvalue weighted by Gasteiger charge is -2.39. The molecule has 0 saturated carbocycles. The van der Waals surface area contributed by atoms with Gasteiger partial charge in [-0.2, -0.15) is 0 Å². The minimum Gasteiger partial charge on any atom is -0.352 e. The van der Waals surface area contributed by atoms with Crippen molar-refractivity contribution in [2.45, 2.75) is 32.0 Å². The number of nitrogens with zero attached hydrogens (tertiary/aromatic N) is 1. The number of piperidine rings is 1. The summed E-state index contributed by atoms with van der Waals surface area (Å²) >= 11 is 0. The van der Waals surface area contributed by atoms with E-state index in [0.717, 1.165) is 24.0 Å². The van der Waals surface area contributed by atoms with Gasteiger partial charge in [0.2, 0.25) is 5.91 Å². The van der Waals surface area contributed by atoms with Gasteiger partial charge in [0.25, 0.3) is 0 Å². The van der Waals surface area contributed by atoms with Crippen molar-refractivity contribution in [3.63, 3.8) is 0 Å². The van der Waals surface area contributed by atoms with Gasteiger partial charge in [-0.3, -0.25) is 9.69 Å². The van der Waals surface area contributed by atoms with Crippen LogP contribution in [0, 0.1) is 11.7 Å². The lowest BCUT2D eigenvalue weighted by atomic mass is 9.88. The second-order valence-corrected chi connectivity index (χ2v) is 7.96. The standard InChI is InChI=1S/C26H27FN2O/c27-24-14-11-21(12-15-24)18-29-19-23(13-16-25(29)22-9-5-2-6-10-22)26(30)28-17-20-7-3-1-4-8-20/h1-12,14-15,23,25H,13,16-19H2,(H,28,30)/t23-,25-/m1/s1. The average molecular weight is 403 g/mol. The molecule has 0 aliphatic carbocycles. The van der Waals surface area contributed by atoms with Crippen molar-refractivity contribution >= 4 is 5.91 Å². The minimum absolute atomic E-state index is 0.0471. The van der Waals surface area contributed by atoms with Crippen LogP contribution >= 0.6 is 0 Å². The van der Waals surface area contributed by atoms with E-state index in [2.05, 4.69) is 34.5 Å². The third kappa shape index (κ3) is 5.14. The summed E-state index contributed by atoms with van der Waals surface area (Å²) in [5.74, 6) is -0.168. The topological polar surface area (TPSA) is 32.3 Å². The van der Waals surface area contributed by atoms with Crippen molar-refractivity contribution in [1.82, 2.24) is 10.2 Å². The van der Waals surface area contributed by atoms with E-state index < -0.39 is 0 Å². The van der Waals surface area contributed by atoms with Crippen LogP contribution in [0.3, 0.4) is 0 Å². The first kappa shape index (κ1) is 20.3. The second kappa shape index (κ2) is 9.68. The third-order valence-corrected chi connectivity index (χ3v) is 5.85. The van der Waals surface area contributed by atoms with E-state index in [1.165, 1.54) is 17.7 Å². The zero-order valence-corrected chi connectivity index (χ0v) is 17.0. The number of carbonyl (C=O) groups excluding carboxylic acids is 1. The van der Waals surface area contributed by atoms with E-state index in [-0.39, 0.29) is 23.7 Å². The van der Waals surface area contributed by atoms with Crippen LogP contribution in [0.4, 0.5) is 4.39 Å². The lowest BCUT2D eigenvalue weighted by molar-refractivity contribution is -0.127. The number of likely N-dealkylation sites (tertiary alicyclic amines) is 1. The molecule has 3 aromatic carbocycles. The lowest BCUT2D eigenvalue weighted by Crippen LogP contribution is -2.44. The molecule has 0 bridgehead atoms. The fourth-order valence-corrected chi connectivity index (χ4v) is 4.24. The molecular weight excluding hydrogens is 375 g/mol. The summed E-state index contributed by atoms with van der Waals surface area (Å²) in [5.41, 5.74) is 3.43. The Labute approximate surface area is 177 Å². The highest BCUT2D eigenvalue weighted by Crippen LogP contribution is 2.34. The minimum atomic E-state index is -0.227. The number of rotatable bonds is 6. The summed E-state index contributed by atoms with van der Waals surface area (Å²) in [5, 5.41) is 3.10. The average Bonchev–Trinajstić information content (AvgIpc) is 2.80. The molecule has 4 heteroatoms. The van der Waals surface area contributed by atoms with E-state index in [0.29, 0.717) is 19.6 Å². The highest BCUT2D eigenvalue weighted by Gasteiger charge is 2.32. The first-order chi connectivity index (χ1) is 14.7. The SMILES string of the molecule is O=C(NCc1ccccc1)[C@@H]1CC[C@H](c2ccccc2)N(Cc2ccc(F)cc2)C1. The molecule has 1 aliphatic rings. The van der Waals surface area contributed by atoms with Crippen LogP contribution in [0.5, 0.6) is 0 Å². The molecule has 0 unspecified atom stereocenters. The Balaban J connectivity index is 1.46. The quantitative estimate of drug-likeness (QED) is 0.622. The molecule has 1 fully saturated rings. The third-order valence-electron chi connectivity index (χ3n) is 5.85. The normalized spacial score (nSPS) is 19.4. The van der Waals surface area contributed by atoms with Crippen molar-refractivity contribution in [3.8, 4) is 0 Å². The number of benzene rings is 3. The summed E-state index contributed by atoms with van der Waals surface area (Å²) in [6.07, 6.45) is 1.79. The number of amides is 1. The molecule has 1 amide bonds. The zero-order valence-electron chi connectivity index (χ0n) is 17.0. The van der Waals surface area contributed by atoms with E-state index >= 15 is 0 Å². The monoisotopic (exact) mass is 402 g/mol. The Hall–Kier alpha value is -2.98. The van der Waals surface area contributed by atoms with E-state index in [4.69, 9.17) is 0 Å². The molecular formula is C26H27FN2O. The molecule has 0 aromatic heterocycles. The smallest absolute Gasteiger partial charge is 0.224 e. The fraction of sp³-hybridized carbons (Fsp3) is 0.269. The molecule has 3 aromatic rings. The number of halogens is 1. The van der Waals surface area contributed by atoms with Crippen LogP contribution in [0.1, 0.15) is 35.6 Å². The van der Waals surface area contributed by atoms with Crippen LogP contribution < -0.4 is 5.32 Å². The van der Waals surface area contributed by atoms with Crippen molar-refractivity contribution in [2.75, 3.05) is 6.54 Å². The van der Waals surface area contributed by atoms with Crippen molar-refractivity contribution in [3.05, 3.63) is 107 Å². The molecule has 1 N–H and O–H groups in total. The molecule has 2 atom stereocenters. The molecule has 4 rings (SSSR count). The molecule has 30 heavy (non-hydrogen) atoms. The van der Waals surface area contributed by atoms with Crippen LogP contribution in [0.15, 0.2) is 84.9 Å². The van der Waals surface area contributed by atoms with Crippen LogP contribution in [-0.4, -0.2) is 17.4 Å². The summed E-state index contributed by atoms with van der Waals surface area (Å²) in [4.78, 5) is 15.2. The summed E-state index contributed by atoms with van der Waals surface area (Å²) in [6, 6.07) is 27.3. The van der Waals surface area contributed by atoms with Gasteiger partial charge in [-0.1, -0.05) is 72.8 Å². The van der Waals surface area contributed by atoms with Gasteiger partial charge in [-0.15, -0.1) is 0 Å². The maximum atomic E-state index is 13.3. The van der Waals surface area contributed by atoms with Gasteiger partial charge in [-0.25, -0.2) is 4.39 Å². The van der Waals surface area contributed by atoms with Gasteiger partial charge >= 0.3 is 0 Å². The van der Waals surface area contributed by atoms with Gasteiger partial charge in [0.15, 0.2) is 0 Å². The maximum absolute atomic E-state index is 13.3. The predicted octanol–water partition coefficient (Wildman–Crippen LogP) is 5.10. The van der Waals surface area contributed by atoms with E-state index in [1.807, 2.05) is 48.5 Å². The molecule has 0 radical (unpaired) electrons. The molecule has 1 aliphatic heterocycles. The summed E-state index contributed by atoms with van der Waals surface area (Å²) < 4.78 is 13.3. The largest absolute Gasteiger partial charge is 0.352 e. The predicted molar refractivity (Wildman–Crippen MR) is 117 cm³/mol. The van der Waals surface area contributed by atoms with Gasteiger partial charge in [0.1, 0.15) is 5.82 Å². The molecule has 0 spiro atoms. The Morgan fingerprint density at radius 3 is 2.23 bits per heavy atom. The summed E-state index contributed by atoms with van der Waals surface area (Å²) in [7, 11) is 0. The van der Waals surface area contributed by atoms with E-state index in [9.17, 15) is 9.18 Å². The first-order valence-electron chi connectivity index (χ1n) is 10.5. The van der Waals surface area contributed by atoms with Gasteiger partial charge < -0.3 is 5.32 Å². The summed E-state index contributed by atoms with van der Waals surface area (Å²) in [6.45, 7) is 1.94. The highest BCUT2D eigenvalue weighted by atomic mass is 19.1. The van der Waals surface area contributed by atoms with Crippen molar-refractivity contribution in [1.29, 1.82) is 0 Å². The Morgan fingerprint density at radius 2 is 1.53 bits per heavy atom. The Morgan fingerprint density at radius 1 is 0.867 bits per heavy atom. The highest BCUT2D eigenvalue weighted by molar-refractivity contribution is 5.79. The molecule has 3 nitrogen and oxygen atoms in total. The molecule has 1 heterocycles. The molecule has 154 valence electrons. The van der Waals surface area contributed by atoms with Gasteiger partial charge in [0, 0.05) is 25.7 Å². The number of hydrogen-bond acceptors (Lipinski definition) is 2. The Bertz CT molecular complexity index is 944. The second-order valence-electron chi connectivity index (χ2n) is 7.96. The van der Waals surface area contributed by atoms with Crippen molar-refractivity contribution in [2.24, 2.45) is 5.92 Å². The number of nitrogens with one attached hydrogen (secondary N) is 1. The fourth-order valence-electron chi connectivity index (χ4n) is 4.24. The van der Waals surface area contributed by atoms with E-state index in [1.54, 1.807) is 0 Å². The van der Waals surface area contributed by atoms with Crippen molar-refractivity contribution < 1.29 is 9.18 Å². The number of hydrogen-bond donors (Lipinski definition) is 1. The molecule has 1 saturated heterocycles. The van der Waals surface area contributed by atoms with Gasteiger partial charge in [-0.05, 0) is 41.7 Å².